The summed E-state index contributed by atoms with van der Waals surface area (Å²) in [6.45, 7) is 4.91. The fourth-order valence-corrected chi connectivity index (χ4v) is 3.79. The second-order valence-corrected chi connectivity index (χ2v) is 7.53. The van der Waals surface area contributed by atoms with Crippen molar-refractivity contribution in [3.8, 4) is 22.8 Å². The number of nitrogens with one attached hydrogen (secondary N) is 1. The number of carbonyl (C=O) groups is 1. The maximum atomic E-state index is 11.2. The average molecular weight is 434 g/mol. The Kier molecular flexibility index (Phi) is 6.39. The lowest BCUT2D eigenvalue weighted by Crippen LogP contribution is -2.46. The molecular weight excluding hydrogens is 406 g/mol. The summed E-state index contributed by atoms with van der Waals surface area (Å²) in [5.41, 5.74) is 3.63. The number of ether oxygens (including phenoxy) is 2. The Morgan fingerprint density at radius 3 is 2.25 bits per heavy atom. The molecule has 2 aromatic carbocycles. The van der Waals surface area contributed by atoms with Crippen molar-refractivity contribution in [2.24, 2.45) is 0 Å². The number of rotatable bonds is 6. The van der Waals surface area contributed by atoms with Crippen LogP contribution in [0.1, 0.15) is 6.92 Å². The zero-order chi connectivity index (χ0) is 22.5. The Hall–Kier alpha value is -3.81. The number of piperazine rings is 1. The Balaban J connectivity index is 1.43. The van der Waals surface area contributed by atoms with E-state index in [1.807, 2.05) is 36.4 Å². The number of anilines is 3. The summed E-state index contributed by atoms with van der Waals surface area (Å²) in [4.78, 5) is 25.0. The highest BCUT2D eigenvalue weighted by Gasteiger charge is 2.20. The molecule has 1 aliphatic heterocycles. The minimum absolute atomic E-state index is 0.0910. The highest BCUT2D eigenvalue weighted by atomic mass is 16.5. The van der Waals surface area contributed by atoms with Crippen LogP contribution in [0.15, 0.2) is 54.9 Å². The van der Waals surface area contributed by atoms with Gasteiger partial charge in [-0.25, -0.2) is 4.98 Å². The maximum absolute atomic E-state index is 11.2. The van der Waals surface area contributed by atoms with Gasteiger partial charge in [0, 0.05) is 56.1 Å². The quantitative estimate of drug-likeness (QED) is 0.638. The topological polar surface area (TPSA) is 79.8 Å². The van der Waals surface area contributed by atoms with Gasteiger partial charge in [-0.15, -0.1) is 0 Å². The SMILES string of the molecule is COc1ccc(N2CCN(c3cncc(-c4ccc(NC(C)=O)cc4)n3)CC2)cc1OC. The van der Waals surface area contributed by atoms with Crippen molar-refractivity contribution in [3.05, 3.63) is 54.9 Å². The van der Waals surface area contributed by atoms with Crippen molar-refractivity contribution in [2.45, 2.75) is 6.92 Å². The summed E-state index contributed by atoms with van der Waals surface area (Å²) >= 11 is 0. The van der Waals surface area contributed by atoms with Crippen molar-refractivity contribution in [2.75, 3.05) is 55.5 Å². The van der Waals surface area contributed by atoms with Crippen LogP contribution >= 0.6 is 0 Å². The van der Waals surface area contributed by atoms with Gasteiger partial charge in [-0.05, 0) is 24.3 Å². The molecule has 1 aromatic heterocycles. The van der Waals surface area contributed by atoms with Crippen LogP contribution in [-0.4, -0.2) is 56.3 Å². The van der Waals surface area contributed by atoms with Gasteiger partial charge in [0.15, 0.2) is 11.5 Å². The number of amides is 1. The molecule has 0 radical (unpaired) electrons. The number of nitrogens with zero attached hydrogens (tertiary/aromatic N) is 4. The first-order valence-electron chi connectivity index (χ1n) is 10.5. The third-order valence-corrected chi connectivity index (χ3v) is 5.46. The number of carbonyl (C=O) groups excluding carboxylic acids is 1. The second-order valence-electron chi connectivity index (χ2n) is 7.53. The fraction of sp³-hybridized carbons (Fsp3) is 0.292. The molecule has 0 bridgehead atoms. The van der Waals surface area contributed by atoms with E-state index in [9.17, 15) is 4.79 Å². The van der Waals surface area contributed by atoms with Gasteiger partial charge in [0.2, 0.25) is 5.91 Å². The van der Waals surface area contributed by atoms with E-state index >= 15 is 0 Å². The predicted octanol–water partition coefficient (Wildman–Crippen LogP) is 3.45. The molecule has 1 amide bonds. The van der Waals surface area contributed by atoms with Gasteiger partial charge in [0.05, 0.1) is 32.3 Å². The molecule has 166 valence electrons. The van der Waals surface area contributed by atoms with Gasteiger partial charge in [-0.2, -0.15) is 0 Å². The molecule has 1 fully saturated rings. The Morgan fingerprint density at radius 1 is 0.906 bits per heavy atom. The number of aromatic nitrogens is 2. The summed E-state index contributed by atoms with van der Waals surface area (Å²) < 4.78 is 10.8. The highest BCUT2D eigenvalue weighted by Crippen LogP contribution is 2.32. The van der Waals surface area contributed by atoms with E-state index in [2.05, 4.69) is 26.2 Å². The molecular formula is C24H27N5O3. The zero-order valence-corrected chi connectivity index (χ0v) is 18.5. The molecule has 1 N–H and O–H groups in total. The first-order valence-corrected chi connectivity index (χ1v) is 10.5. The lowest BCUT2D eigenvalue weighted by Gasteiger charge is -2.36. The monoisotopic (exact) mass is 433 g/mol. The molecule has 2 heterocycles. The normalized spacial score (nSPS) is 13.6. The van der Waals surface area contributed by atoms with Gasteiger partial charge in [0.1, 0.15) is 5.82 Å². The molecule has 32 heavy (non-hydrogen) atoms. The summed E-state index contributed by atoms with van der Waals surface area (Å²) in [5.74, 6) is 2.23. The largest absolute Gasteiger partial charge is 0.493 e. The lowest BCUT2D eigenvalue weighted by molar-refractivity contribution is -0.114. The van der Waals surface area contributed by atoms with E-state index in [0.717, 1.165) is 66.1 Å². The first-order chi connectivity index (χ1) is 15.6. The molecule has 0 aliphatic carbocycles. The third-order valence-electron chi connectivity index (χ3n) is 5.46. The molecule has 1 aliphatic rings. The Labute approximate surface area is 187 Å². The van der Waals surface area contributed by atoms with Crippen LogP contribution in [0, 0.1) is 0 Å². The van der Waals surface area contributed by atoms with Crippen LogP contribution in [0.4, 0.5) is 17.2 Å². The predicted molar refractivity (Wildman–Crippen MR) is 126 cm³/mol. The summed E-state index contributed by atoms with van der Waals surface area (Å²) in [5, 5.41) is 2.77. The van der Waals surface area contributed by atoms with Crippen molar-refractivity contribution < 1.29 is 14.3 Å². The van der Waals surface area contributed by atoms with Crippen molar-refractivity contribution in [1.82, 2.24) is 9.97 Å². The van der Waals surface area contributed by atoms with Crippen molar-refractivity contribution >= 4 is 23.1 Å². The van der Waals surface area contributed by atoms with E-state index in [4.69, 9.17) is 14.5 Å². The molecule has 8 heteroatoms. The van der Waals surface area contributed by atoms with E-state index in [1.54, 1.807) is 26.6 Å². The van der Waals surface area contributed by atoms with E-state index in [-0.39, 0.29) is 5.91 Å². The summed E-state index contributed by atoms with van der Waals surface area (Å²) in [7, 11) is 3.29. The van der Waals surface area contributed by atoms with Crippen LogP contribution in [-0.2, 0) is 4.79 Å². The van der Waals surface area contributed by atoms with Gasteiger partial charge in [-0.3, -0.25) is 9.78 Å². The molecule has 8 nitrogen and oxygen atoms in total. The third kappa shape index (κ3) is 4.74. The molecule has 0 atom stereocenters. The molecule has 3 aromatic rings. The maximum Gasteiger partial charge on any atom is 0.221 e. The number of benzene rings is 2. The number of hydrogen-bond acceptors (Lipinski definition) is 7. The standard InChI is InChI=1S/C24H27N5O3/c1-17(30)26-19-6-4-18(5-7-19)21-15-25-16-24(27-21)29-12-10-28(11-13-29)20-8-9-22(31-2)23(14-20)32-3/h4-9,14-16H,10-13H2,1-3H3,(H,26,30). The Morgan fingerprint density at radius 2 is 1.59 bits per heavy atom. The van der Waals surface area contributed by atoms with Crippen molar-refractivity contribution in [3.63, 3.8) is 0 Å². The molecule has 4 rings (SSSR count). The summed E-state index contributed by atoms with van der Waals surface area (Å²) in [6.07, 6.45) is 3.57. The highest BCUT2D eigenvalue weighted by molar-refractivity contribution is 5.88. The molecule has 1 saturated heterocycles. The lowest BCUT2D eigenvalue weighted by atomic mass is 10.1. The molecule has 0 spiro atoms. The van der Waals surface area contributed by atoms with Crippen LogP contribution in [0.25, 0.3) is 11.3 Å². The molecule has 0 saturated carbocycles. The fourth-order valence-electron chi connectivity index (χ4n) is 3.79. The van der Waals surface area contributed by atoms with E-state index in [0.29, 0.717) is 0 Å². The first kappa shape index (κ1) is 21.4. The zero-order valence-electron chi connectivity index (χ0n) is 18.5. The van der Waals surface area contributed by atoms with Crippen molar-refractivity contribution in [1.29, 1.82) is 0 Å². The molecule has 0 unspecified atom stereocenters. The minimum atomic E-state index is -0.0910. The van der Waals surface area contributed by atoms with Gasteiger partial charge >= 0.3 is 0 Å². The average Bonchev–Trinajstić information content (AvgIpc) is 2.84. The van der Waals surface area contributed by atoms with Crippen LogP contribution in [0.5, 0.6) is 11.5 Å². The second kappa shape index (κ2) is 9.55. The van der Waals surface area contributed by atoms with Crippen LogP contribution in [0.2, 0.25) is 0 Å². The van der Waals surface area contributed by atoms with E-state index in [1.165, 1.54) is 6.92 Å². The number of methoxy groups -OCH3 is 2. The Bertz CT molecular complexity index is 1080. The number of hydrogen-bond donors (Lipinski definition) is 1. The van der Waals surface area contributed by atoms with Gasteiger partial charge in [-0.1, -0.05) is 12.1 Å². The van der Waals surface area contributed by atoms with E-state index < -0.39 is 0 Å². The van der Waals surface area contributed by atoms with Gasteiger partial charge in [0.25, 0.3) is 0 Å². The minimum Gasteiger partial charge on any atom is -0.493 e. The van der Waals surface area contributed by atoms with Gasteiger partial charge < -0.3 is 24.6 Å². The van der Waals surface area contributed by atoms with Crippen LogP contribution < -0.4 is 24.6 Å². The van der Waals surface area contributed by atoms with Crippen LogP contribution in [0.3, 0.4) is 0 Å². The summed E-state index contributed by atoms with van der Waals surface area (Å²) in [6, 6.07) is 13.6. The smallest absolute Gasteiger partial charge is 0.221 e.